The monoisotopic (exact) mass is 458 g/mol. The van der Waals surface area contributed by atoms with Gasteiger partial charge in [-0.1, -0.05) is 44.8 Å². The van der Waals surface area contributed by atoms with Crippen LogP contribution in [0.5, 0.6) is 0 Å². The molecule has 2 atom stereocenters. The summed E-state index contributed by atoms with van der Waals surface area (Å²) in [6, 6.07) is 13.6. The van der Waals surface area contributed by atoms with Gasteiger partial charge in [0.25, 0.3) is 11.8 Å². The Morgan fingerprint density at radius 2 is 1.11 bits per heavy atom. The molecule has 27 heavy (non-hydrogen) atoms. The minimum Gasteiger partial charge on any atom is -0.350 e. The van der Waals surface area contributed by atoms with Crippen LogP contribution in [0.3, 0.4) is 0 Å². The number of amides is 2. The Bertz CT molecular complexity index is 736. The van der Waals surface area contributed by atoms with Gasteiger partial charge in [-0.2, -0.15) is 0 Å². The Hall–Kier alpha value is -0.990. The number of nitrogens with one attached hydrogen (secondary N) is 2. The van der Waals surface area contributed by atoms with E-state index in [-0.39, 0.29) is 21.0 Å². The van der Waals surface area contributed by atoms with Crippen molar-refractivity contribution in [3.05, 3.63) is 69.7 Å². The maximum Gasteiger partial charge on any atom is 0.251 e. The Morgan fingerprint density at radius 3 is 1.48 bits per heavy atom. The number of rotatable bonds is 6. The third kappa shape index (κ3) is 6.26. The van der Waals surface area contributed by atoms with Gasteiger partial charge in [-0.15, -0.1) is 11.8 Å². The van der Waals surface area contributed by atoms with E-state index >= 15 is 0 Å². The average molecular weight is 459 g/mol. The molecule has 2 amide bonds. The zero-order valence-corrected chi connectivity index (χ0v) is 17.9. The van der Waals surface area contributed by atoms with Gasteiger partial charge in [0.15, 0.2) is 0 Å². The van der Waals surface area contributed by atoms with Crippen LogP contribution in [-0.4, -0.2) is 34.1 Å². The Kier molecular flexibility index (Phi) is 7.66. The Balaban J connectivity index is 1.39. The first-order valence-corrected chi connectivity index (χ1v) is 12.0. The van der Waals surface area contributed by atoms with Gasteiger partial charge in [0.05, 0.1) is 9.16 Å². The third-order valence-electron chi connectivity index (χ3n) is 3.65. The Morgan fingerprint density at radius 1 is 0.741 bits per heavy atom. The molecule has 9 heteroatoms. The highest BCUT2D eigenvalue weighted by atomic mass is 35.5. The summed E-state index contributed by atoms with van der Waals surface area (Å²) in [5, 5.41) is 7.09. The van der Waals surface area contributed by atoms with Crippen molar-refractivity contribution in [2.45, 2.75) is 9.16 Å². The van der Waals surface area contributed by atoms with E-state index in [0.717, 1.165) is 0 Å². The molecule has 142 valence electrons. The minimum absolute atomic E-state index is 0.114. The number of carbonyl (C=O) groups excluding carboxylic acids is 2. The van der Waals surface area contributed by atoms with E-state index in [1.54, 1.807) is 81.9 Å². The Labute approximate surface area is 179 Å². The van der Waals surface area contributed by atoms with E-state index < -0.39 is 0 Å². The molecule has 0 spiro atoms. The highest BCUT2D eigenvalue weighted by Gasteiger charge is 2.27. The summed E-state index contributed by atoms with van der Waals surface area (Å²) in [5.74, 6) is -0.227. The second-order valence-corrected chi connectivity index (χ2v) is 11.2. The molecule has 0 aliphatic carbocycles. The van der Waals surface area contributed by atoms with Gasteiger partial charge < -0.3 is 10.6 Å². The van der Waals surface area contributed by atoms with Gasteiger partial charge in [0, 0.05) is 34.3 Å². The lowest BCUT2D eigenvalue weighted by atomic mass is 10.2. The standard InChI is InChI=1S/C18H16Cl2N2O2S3/c19-13-5-1-11(2-6-13)17(23)21-9-15-25-16(27-26-15)10-22-18(24)12-3-7-14(20)8-4-12/h1-8,15-16H,9-10H2,(H,21,23)(H,22,24)/t15-,16-/m0/s1. The van der Waals surface area contributed by atoms with Crippen LogP contribution in [0.25, 0.3) is 0 Å². The lowest BCUT2D eigenvalue weighted by Crippen LogP contribution is -2.30. The lowest BCUT2D eigenvalue weighted by molar-refractivity contribution is 0.0948. The number of halogens is 2. The van der Waals surface area contributed by atoms with Crippen molar-refractivity contribution in [3.8, 4) is 0 Å². The summed E-state index contributed by atoms with van der Waals surface area (Å²) in [4.78, 5) is 24.3. The van der Waals surface area contributed by atoms with Gasteiger partial charge in [-0.3, -0.25) is 9.59 Å². The molecule has 1 aliphatic heterocycles. The maximum absolute atomic E-state index is 12.1. The molecule has 1 heterocycles. The second kappa shape index (κ2) is 9.98. The van der Waals surface area contributed by atoms with E-state index in [2.05, 4.69) is 10.6 Å². The third-order valence-corrected chi connectivity index (χ3v) is 9.67. The van der Waals surface area contributed by atoms with E-state index in [1.165, 1.54) is 0 Å². The largest absolute Gasteiger partial charge is 0.350 e. The average Bonchev–Trinajstić information content (AvgIpc) is 3.13. The van der Waals surface area contributed by atoms with Crippen LogP contribution in [0, 0.1) is 0 Å². The first-order chi connectivity index (χ1) is 13.0. The fourth-order valence-electron chi connectivity index (χ4n) is 2.26. The zero-order chi connectivity index (χ0) is 19.2. The summed E-state index contributed by atoms with van der Waals surface area (Å²) >= 11 is 13.4. The fourth-order valence-corrected chi connectivity index (χ4v) is 7.93. The number of benzene rings is 2. The topological polar surface area (TPSA) is 58.2 Å². The molecule has 1 saturated heterocycles. The van der Waals surface area contributed by atoms with Crippen molar-refractivity contribution in [2.75, 3.05) is 13.1 Å². The molecule has 0 bridgehead atoms. The molecule has 0 saturated carbocycles. The van der Waals surface area contributed by atoms with Gasteiger partial charge in [-0.05, 0) is 48.5 Å². The number of hydrogen-bond donors (Lipinski definition) is 2. The van der Waals surface area contributed by atoms with E-state index in [4.69, 9.17) is 23.2 Å². The molecular weight excluding hydrogens is 443 g/mol. The van der Waals surface area contributed by atoms with E-state index in [0.29, 0.717) is 34.3 Å². The van der Waals surface area contributed by atoms with Crippen molar-refractivity contribution >= 4 is 68.4 Å². The van der Waals surface area contributed by atoms with Crippen LogP contribution in [0.2, 0.25) is 10.0 Å². The van der Waals surface area contributed by atoms with Gasteiger partial charge in [0.2, 0.25) is 0 Å². The van der Waals surface area contributed by atoms with Crippen molar-refractivity contribution in [2.24, 2.45) is 0 Å². The van der Waals surface area contributed by atoms with Crippen LogP contribution < -0.4 is 10.6 Å². The SMILES string of the molecule is O=C(NC[C@@H]1SS[C@@H](CNC(=O)c2ccc(Cl)cc2)S1)c1ccc(Cl)cc1. The van der Waals surface area contributed by atoms with Crippen molar-refractivity contribution in [3.63, 3.8) is 0 Å². The summed E-state index contributed by atoms with van der Waals surface area (Å²) in [5.41, 5.74) is 1.18. The number of thioether (sulfide) groups is 1. The molecule has 4 nitrogen and oxygen atoms in total. The van der Waals surface area contributed by atoms with Crippen molar-refractivity contribution in [1.29, 1.82) is 0 Å². The van der Waals surface area contributed by atoms with Crippen LogP contribution in [-0.2, 0) is 0 Å². The van der Waals surface area contributed by atoms with Crippen molar-refractivity contribution < 1.29 is 9.59 Å². The predicted octanol–water partition coefficient (Wildman–Crippen LogP) is 4.93. The van der Waals surface area contributed by atoms with E-state index in [1.807, 2.05) is 0 Å². The van der Waals surface area contributed by atoms with Gasteiger partial charge >= 0.3 is 0 Å². The summed E-state index contributed by atoms with van der Waals surface area (Å²) < 4.78 is 0.479. The number of hydrogen-bond acceptors (Lipinski definition) is 5. The minimum atomic E-state index is -0.114. The van der Waals surface area contributed by atoms with Crippen LogP contribution >= 0.6 is 56.6 Å². The van der Waals surface area contributed by atoms with Gasteiger partial charge in [-0.25, -0.2) is 0 Å². The number of carbonyl (C=O) groups is 2. The molecule has 0 unspecified atom stereocenters. The smallest absolute Gasteiger partial charge is 0.251 e. The normalized spacial score (nSPS) is 18.9. The molecule has 2 aromatic carbocycles. The zero-order valence-electron chi connectivity index (χ0n) is 14.0. The molecule has 2 aromatic rings. The summed E-state index contributed by atoms with van der Waals surface area (Å²) in [7, 11) is 3.43. The first-order valence-electron chi connectivity index (χ1n) is 8.06. The first kappa shape index (κ1) is 20.7. The van der Waals surface area contributed by atoms with Crippen LogP contribution in [0.4, 0.5) is 0 Å². The predicted molar refractivity (Wildman–Crippen MR) is 118 cm³/mol. The summed E-state index contributed by atoms with van der Waals surface area (Å²) in [6.07, 6.45) is 0. The van der Waals surface area contributed by atoms with Crippen LogP contribution in [0.15, 0.2) is 48.5 Å². The molecule has 2 N–H and O–H groups in total. The van der Waals surface area contributed by atoms with Crippen LogP contribution in [0.1, 0.15) is 20.7 Å². The highest BCUT2D eigenvalue weighted by Crippen LogP contribution is 2.50. The molecule has 1 fully saturated rings. The molecule has 1 aliphatic rings. The van der Waals surface area contributed by atoms with E-state index in [9.17, 15) is 9.59 Å². The molecule has 0 aromatic heterocycles. The highest BCUT2D eigenvalue weighted by molar-refractivity contribution is 8.82. The quantitative estimate of drug-likeness (QED) is 0.600. The molecular formula is C18H16Cl2N2O2S3. The lowest BCUT2D eigenvalue weighted by Gasteiger charge is -2.11. The second-order valence-electron chi connectivity index (χ2n) is 5.62. The van der Waals surface area contributed by atoms with Crippen molar-refractivity contribution in [1.82, 2.24) is 10.6 Å². The molecule has 3 rings (SSSR count). The molecule has 0 radical (unpaired) electrons. The van der Waals surface area contributed by atoms with Gasteiger partial charge in [0.1, 0.15) is 0 Å². The summed E-state index contributed by atoms with van der Waals surface area (Å²) in [6.45, 7) is 1.12. The maximum atomic E-state index is 12.1. The fraction of sp³-hybridized carbons (Fsp3) is 0.222.